The third-order valence-corrected chi connectivity index (χ3v) is 7.45. The molecule has 1 aromatic heterocycles. The van der Waals surface area contributed by atoms with Crippen LogP contribution in [0, 0.1) is 11.3 Å². The van der Waals surface area contributed by atoms with Crippen LogP contribution < -0.4 is 4.90 Å². The van der Waals surface area contributed by atoms with Crippen LogP contribution in [0.2, 0.25) is 10.0 Å². The Balaban J connectivity index is 1.59. The molecule has 1 aromatic carbocycles. The highest BCUT2D eigenvalue weighted by molar-refractivity contribution is 6.43. The Bertz CT molecular complexity index is 857. The number of benzene rings is 1. The molecule has 0 amide bonds. The van der Waals surface area contributed by atoms with Gasteiger partial charge in [-0.1, -0.05) is 61.7 Å². The molecular weight excluding hydrogens is 377 g/mol. The Kier molecular flexibility index (Phi) is 5.17. The number of piperidine rings is 1. The number of rotatable bonds is 3. The summed E-state index contributed by atoms with van der Waals surface area (Å²) in [5, 5.41) is 1.02. The molecule has 1 atom stereocenters. The van der Waals surface area contributed by atoms with Gasteiger partial charge in [0.1, 0.15) is 5.82 Å². The summed E-state index contributed by atoms with van der Waals surface area (Å²) in [6, 6.07) is 5.56. The number of nitrogens with zero attached hydrogens (tertiary/aromatic N) is 3. The third kappa shape index (κ3) is 3.36. The Morgan fingerprint density at radius 2 is 2.00 bits per heavy atom. The summed E-state index contributed by atoms with van der Waals surface area (Å²) in [6.07, 6.45) is 10.3. The average molecular weight is 402 g/mol. The Hall–Kier alpha value is -1.58. The number of hydrogen-bond donors (Lipinski definition) is 0. The predicted octanol–water partition coefficient (Wildman–Crippen LogP) is 6.50. The van der Waals surface area contributed by atoms with Gasteiger partial charge < -0.3 is 4.90 Å². The molecule has 2 aliphatic rings. The molecule has 1 saturated carbocycles. The van der Waals surface area contributed by atoms with Crippen LogP contribution in [0.5, 0.6) is 0 Å². The molecule has 4 rings (SSSR count). The molecular formula is C22H25Cl2N3. The summed E-state index contributed by atoms with van der Waals surface area (Å²) in [4.78, 5) is 11.9. The maximum absolute atomic E-state index is 6.38. The van der Waals surface area contributed by atoms with E-state index < -0.39 is 0 Å². The van der Waals surface area contributed by atoms with Crippen molar-refractivity contribution in [2.45, 2.75) is 39.0 Å². The topological polar surface area (TPSA) is 29.0 Å². The summed E-state index contributed by atoms with van der Waals surface area (Å²) in [5.74, 6) is 1.77. The Labute approximate surface area is 171 Å². The van der Waals surface area contributed by atoms with Gasteiger partial charge in [-0.3, -0.25) is 4.98 Å². The molecule has 1 aliphatic carbocycles. The lowest BCUT2D eigenvalue weighted by Crippen LogP contribution is -2.41. The number of hydrogen-bond acceptors (Lipinski definition) is 3. The summed E-state index contributed by atoms with van der Waals surface area (Å²) in [7, 11) is 0. The summed E-state index contributed by atoms with van der Waals surface area (Å²) in [5.41, 5.74) is 2.81. The van der Waals surface area contributed by atoms with Crippen LogP contribution in [-0.4, -0.2) is 23.1 Å². The minimum absolute atomic E-state index is 0.499. The van der Waals surface area contributed by atoms with Crippen LogP contribution >= 0.6 is 23.2 Å². The van der Waals surface area contributed by atoms with E-state index in [1.54, 1.807) is 12.1 Å². The van der Waals surface area contributed by atoms with Crippen molar-refractivity contribution in [1.29, 1.82) is 0 Å². The fourth-order valence-corrected chi connectivity index (χ4v) is 5.21. The Morgan fingerprint density at radius 3 is 2.67 bits per heavy atom. The third-order valence-electron chi connectivity index (χ3n) is 6.63. The summed E-state index contributed by atoms with van der Waals surface area (Å²) < 4.78 is 0. The summed E-state index contributed by atoms with van der Waals surface area (Å²) in [6.45, 7) is 8.46. The minimum Gasteiger partial charge on any atom is -0.355 e. The lowest BCUT2D eigenvalue weighted by Gasteiger charge is -2.42. The molecule has 2 aromatic rings. The zero-order valence-corrected chi connectivity index (χ0v) is 17.2. The van der Waals surface area contributed by atoms with E-state index in [0.29, 0.717) is 15.5 Å². The van der Waals surface area contributed by atoms with Crippen LogP contribution in [0.25, 0.3) is 17.3 Å². The molecule has 1 aliphatic heterocycles. The predicted molar refractivity (Wildman–Crippen MR) is 114 cm³/mol. The van der Waals surface area contributed by atoms with E-state index in [1.165, 1.54) is 32.1 Å². The molecule has 0 radical (unpaired) electrons. The number of aromatic nitrogens is 2. The molecule has 142 valence electrons. The van der Waals surface area contributed by atoms with E-state index >= 15 is 0 Å². The molecule has 2 heterocycles. The quantitative estimate of drug-likeness (QED) is 0.587. The van der Waals surface area contributed by atoms with Gasteiger partial charge in [0.15, 0.2) is 0 Å². The molecule has 0 unspecified atom stereocenters. The first-order valence-electron chi connectivity index (χ1n) is 9.73. The zero-order valence-electron chi connectivity index (χ0n) is 15.7. The molecule has 2 fully saturated rings. The van der Waals surface area contributed by atoms with Crippen molar-refractivity contribution in [3.8, 4) is 11.3 Å². The van der Waals surface area contributed by atoms with Gasteiger partial charge in [0.25, 0.3) is 0 Å². The highest BCUT2D eigenvalue weighted by Crippen LogP contribution is 2.50. The second kappa shape index (κ2) is 7.44. The Morgan fingerprint density at radius 1 is 1.22 bits per heavy atom. The van der Waals surface area contributed by atoms with E-state index in [2.05, 4.69) is 23.4 Å². The van der Waals surface area contributed by atoms with Gasteiger partial charge in [0.2, 0.25) is 0 Å². The summed E-state index contributed by atoms with van der Waals surface area (Å²) >= 11 is 12.6. The molecule has 5 heteroatoms. The van der Waals surface area contributed by atoms with E-state index in [4.69, 9.17) is 28.2 Å². The van der Waals surface area contributed by atoms with Gasteiger partial charge in [-0.15, -0.1) is 0 Å². The molecule has 27 heavy (non-hydrogen) atoms. The van der Waals surface area contributed by atoms with Crippen LogP contribution in [0.15, 0.2) is 31.0 Å². The van der Waals surface area contributed by atoms with Crippen LogP contribution in [0.3, 0.4) is 0 Å². The molecule has 1 spiro atoms. The lowest BCUT2D eigenvalue weighted by molar-refractivity contribution is 0.161. The van der Waals surface area contributed by atoms with Crippen LogP contribution in [0.4, 0.5) is 5.82 Å². The highest BCUT2D eigenvalue weighted by Gasteiger charge is 2.42. The lowest BCUT2D eigenvalue weighted by atomic mass is 9.71. The van der Waals surface area contributed by atoms with E-state index in [0.717, 1.165) is 41.8 Å². The first-order chi connectivity index (χ1) is 13.0. The highest BCUT2D eigenvalue weighted by atomic mass is 35.5. The van der Waals surface area contributed by atoms with Gasteiger partial charge in [0.05, 0.1) is 27.6 Å². The SMILES string of the molecule is C=Cc1nc(N2CCC3(CCC[C@H]3C)CC2)cnc1-c1cccc(Cl)c1Cl. The van der Waals surface area contributed by atoms with Crippen LogP contribution in [-0.2, 0) is 0 Å². The largest absolute Gasteiger partial charge is 0.355 e. The number of anilines is 1. The van der Waals surface area contributed by atoms with E-state index in [9.17, 15) is 0 Å². The average Bonchev–Trinajstić information content (AvgIpc) is 3.04. The van der Waals surface area contributed by atoms with Gasteiger partial charge in [-0.2, -0.15) is 0 Å². The zero-order chi connectivity index (χ0) is 19.0. The molecule has 0 N–H and O–H groups in total. The van der Waals surface area contributed by atoms with Crippen molar-refractivity contribution < 1.29 is 0 Å². The minimum atomic E-state index is 0.499. The first-order valence-corrected chi connectivity index (χ1v) is 10.5. The maximum Gasteiger partial charge on any atom is 0.147 e. The second-order valence-corrected chi connectivity index (χ2v) is 8.70. The van der Waals surface area contributed by atoms with Gasteiger partial charge in [-0.25, -0.2) is 4.98 Å². The van der Waals surface area contributed by atoms with Crippen LogP contribution in [0.1, 0.15) is 44.7 Å². The van der Waals surface area contributed by atoms with Crippen molar-refractivity contribution in [3.05, 3.63) is 46.7 Å². The standard InChI is InChI=1S/C22H25Cl2N3/c1-3-18-21(16-7-4-8-17(23)20(16)24)25-14-19(26-18)27-12-10-22(11-13-27)9-5-6-15(22)2/h3-4,7-8,14-15H,1,5-6,9-13H2,2H3/t15-/m1/s1. The van der Waals surface area contributed by atoms with E-state index in [1.807, 2.05) is 18.3 Å². The smallest absolute Gasteiger partial charge is 0.147 e. The molecule has 3 nitrogen and oxygen atoms in total. The van der Waals surface area contributed by atoms with E-state index in [-0.39, 0.29) is 0 Å². The second-order valence-electron chi connectivity index (χ2n) is 7.91. The monoisotopic (exact) mass is 401 g/mol. The normalized spacial score (nSPS) is 21.6. The molecule has 0 bridgehead atoms. The number of halogens is 2. The maximum atomic E-state index is 6.38. The van der Waals surface area contributed by atoms with Crippen molar-refractivity contribution in [2.24, 2.45) is 11.3 Å². The molecule has 1 saturated heterocycles. The van der Waals surface area contributed by atoms with Gasteiger partial charge >= 0.3 is 0 Å². The fourth-order valence-electron chi connectivity index (χ4n) is 4.82. The first kappa shape index (κ1) is 18.8. The van der Waals surface area contributed by atoms with Crippen molar-refractivity contribution in [1.82, 2.24) is 9.97 Å². The fraction of sp³-hybridized carbons (Fsp3) is 0.455. The van der Waals surface area contributed by atoms with Crippen molar-refractivity contribution >= 4 is 35.1 Å². The van der Waals surface area contributed by atoms with Crippen molar-refractivity contribution in [2.75, 3.05) is 18.0 Å². The van der Waals surface area contributed by atoms with Crippen molar-refractivity contribution in [3.63, 3.8) is 0 Å². The van der Waals surface area contributed by atoms with Gasteiger partial charge in [0, 0.05) is 18.7 Å². The van der Waals surface area contributed by atoms with Gasteiger partial charge in [-0.05, 0) is 42.7 Å².